The van der Waals surface area contributed by atoms with Crippen molar-refractivity contribution >= 4 is 27.8 Å². The van der Waals surface area contributed by atoms with E-state index in [0.717, 1.165) is 4.47 Å². The molecule has 0 atom stereocenters. The van der Waals surface area contributed by atoms with Gasteiger partial charge in [-0.25, -0.2) is 0 Å². The molecule has 104 valence electrons. The van der Waals surface area contributed by atoms with Gasteiger partial charge in [-0.2, -0.15) is 4.98 Å². The van der Waals surface area contributed by atoms with Gasteiger partial charge in [0.05, 0.1) is 5.56 Å². The molecule has 8 heteroatoms. The molecule has 0 aromatic carbocycles. The maximum Gasteiger partial charge on any atom is 0.259 e. The van der Waals surface area contributed by atoms with Crippen molar-refractivity contribution in [3.63, 3.8) is 0 Å². The van der Waals surface area contributed by atoms with Gasteiger partial charge in [0, 0.05) is 23.1 Å². The van der Waals surface area contributed by atoms with Crippen molar-refractivity contribution in [2.45, 2.75) is 0 Å². The quantitative estimate of drug-likeness (QED) is 0.759. The second-order valence-corrected chi connectivity index (χ2v) is 4.98. The number of rotatable bonds is 3. The van der Waals surface area contributed by atoms with Crippen LogP contribution in [0.1, 0.15) is 10.4 Å². The zero-order valence-electron chi connectivity index (χ0n) is 10.6. The van der Waals surface area contributed by atoms with Crippen molar-refractivity contribution in [1.82, 2.24) is 25.1 Å². The van der Waals surface area contributed by atoms with Gasteiger partial charge in [-0.3, -0.25) is 25.2 Å². The highest BCUT2D eigenvalue weighted by Gasteiger charge is 2.11. The Bertz CT molecular complexity index is 773. The van der Waals surface area contributed by atoms with Crippen LogP contribution in [-0.2, 0) is 0 Å². The van der Waals surface area contributed by atoms with Crippen LogP contribution in [0.4, 0.5) is 5.95 Å². The highest BCUT2D eigenvalue weighted by atomic mass is 79.9. The number of aromatic nitrogens is 5. The monoisotopic (exact) mass is 344 g/mol. The normalized spacial score (nSPS) is 10.3. The smallest absolute Gasteiger partial charge is 0.259 e. The SMILES string of the molecule is O=C(Nc1n[nH]c(-c2ccccn2)n1)c1cncc(Br)c1. The minimum atomic E-state index is -0.338. The number of nitrogens with zero attached hydrogens (tertiary/aromatic N) is 4. The standard InChI is InChI=1S/C13H9BrN6O/c14-9-5-8(6-15-7-9)12(21)18-13-17-11(19-20-13)10-3-1-2-4-16-10/h1-7H,(H2,17,18,19,20,21). The van der Waals surface area contributed by atoms with Crippen LogP contribution in [0.25, 0.3) is 11.5 Å². The number of anilines is 1. The van der Waals surface area contributed by atoms with Crippen LogP contribution in [0, 0.1) is 0 Å². The first-order chi connectivity index (χ1) is 10.2. The Hall–Kier alpha value is -2.61. The number of nitrogens with one attached hydrogen (secondary N) is 2. The van der Waals surface area contributed by atoms with E-state index < -0.39 is 0 Å². The first-order valence-corrected chi connectivity index (χ1v) is 6.77. The molecule has 3 heterocycles. The minimum absolute atomic E-state index is 0.181. The zero-order chi connectivity index (χ0) is 14.7. The van der Waals surface area contributed by atoms with Gasteiger partial charge in [-0.1, -0.05) is 6.07 Å². The van der Waals surface area contributed by atoms with Crippen LogP contribution in [-0.4, -0.2) is 31.1 Å². The van der Waals surface area contributed by atoms with Crippen LogP contribution in [0.3, 0.4) is 0 Å². The number of carbonyl (C=O) groups is 1. The van der Waals surface area contributed by atoms with Crippen LogP contribution >= 0.6 is 15.9 Å². The van der Waals surface area contributed by atoms with Gasteiger partial charge in [0.15, 0.2) is 5.82 Å². The number of amides is 1. The Morgan fingerprint density at radius 1 is 1.29 bits per heavy atom. The number of H-pyrrole nitrogens is 1. The van der Waals surface area contributed by atoms with Gasteiger partial charge in [0.2, 0.25) is 5.95 Å². The Morgan fingerprint density at radius 3 is 2.95 bits per heavy atom. The Kier molecular flexibility index (Phi) is 3.69. The second-order valence-electron chi connectivity index (χ2n) is 4.07. The van der Waals surface area contributed by atoms with E-state index in [1.54, 1.807) is 24.5 Å². The highest BCUT2D eigenvalue weighted by Crippen LogP contribution is 2.14. The topological polar surface area (TPSA) is 96.5 Å². The fourth-order valence-electron chi connectivity index (χ4n) is 1.64. The summed E-state index contributed by atoms with van der Waals surface area (Å²) >= 11 is 3.26. The zero-order valence-corrected chi connectivity index (χ0v) is 12.2. The van der Waals surface area contributed by atoms with E-state index >= 15 is 0 Å². The molecule has 1 amide bonds. The van der Waals surface area contributed by atoms with Crippen molar-refractivity contribution in [3.05, 3.63) is 52.9 Å². The Labute approximate surface area is 128 Å². The summed E-state index contributed by atoms with van der Waals surface area (Å²) in [6, 6.07) is 7.11. The molecule has 0 radical (unpaired) electrons. The Morgan fingerprint density at radius 2 is 2.19 bits per heavy atom. The molecular weight excluding hydrogens is 336 g/mol. The molecular formula is C13H9BrN6O. The van der Waals surface area contributed by atoms with E-state index in [1.807, 2.05) is 12.1 Å². The minimum Gasteiger partial charge on any atom is -0.289 e. The lowest BCUT2D eigenvalue weighted by molar-refractivity contribution is 0.102. The molecule has 3 rings (SSSR count). The molecule has 0 fully saturated rings. The summed E-state index contributed by atoms with van der Waals surface area (Å²) in [7, 11) is 0. The third-order valence-electron chi connectivity index (χ3n) is 2.59. The molecule has 0 spiro atoms. The fraction of sp³-hybridized carbons (Fsp3) is 0. The van der Waals surface area contributed by atoms with Crippen molar-refractivity contribution in [2.75, 3.05) is 5.32 Å². The summed E-state index contributed by atoms with van der Waals surface area (Å²) in [6.45, 7) is 0. The molecule has 0 aliphatic heterocycles. The first kappa shape index (κ1) is 13.4. The molecule has 2 N–H and O–H groups in total. The largest absolute Gasteiger partial charge is 0.289 e. The second kappa shape index (κ2) is 5.80. The van der Waals surface area contributed by atoms with E-state index in [4.69, 9.17) is 0 Å². The van der Waals surface area contributed by atoms with Gasteiger partial charge >= 0.3 is 0 Å². The summed E-state index contributed by atoms with van der Waals surface area (Å²) in [6.07, 6.45) is 4.72. The molecule has 0 bridgehead atoms. The summed E-state index contributed by atoms with van der Waals surface area (Å²) in [5.74, 6) is 0.328. The number of halogens is 1. The third-order valence-corrected chi connectivity index (χ3v) is 3.02. The summed E-state index contributed by atoms with van der Waals surface area (Å²) in [5, 5.41) is 9.26. The molecule has 7 nitrogen and oxygen atoms in total. The van der Waals surface area contributed by atoms with Crippen LogP contribution < -0.4 is 5.32 Å². The molecule has 3 aromatic heterocycles. The molecule has 21 heavy (non-hydrogen) atoms. The first-order valence-electron chi connectivity index (χ1n) is 5.98. The Balaban J connectivity index is 1.77. The molecule has 3 aromatic rings. The molecule has 0 aliphatic carbocycles. The van der Waals surface area contributed by atoms with E-state index in [9.17, 15) is 4.79 Å². The fourth-order valence-corrected chi connectivity index (χ4v) is 2.01. The molecule has 0 saturated heterocycles. The average Bonchev–Trinajstić information content (AvgIpc) is 2.97. The lowest BCUT2D eigenvalue weighted by atomic mass is 10.3. The van der Waals surface area contributed by atoms with E-state index in [0.29, 0.717) is 17.1 Å². The van der Waals surface area contributed by atoms with Gasteiger partial charge in [-0.05, 0) is 34.1 Å². The van der Waals surface area contributed by atoms with Crippen LogP contribution in [0.5, 0.6) is 0 Å². The van der Waals surface area contributed by atoms with Crippen molar-refractivity contribution < 1.29 is 4.79 Å². The number of aromatic amines is 1. The van der Waals surface area contributed by atoms with Gasteiger partial charge in [0.25, 0.3) is 5.91 Å². The number of carbonyl (C=O) groups excluding carboxylic acids is 1. The van der Waals surface area contributed by atoms with Crippen molar-refractivity contribution in [2.24, 2.45) is 0 Å². The van der Waals surface area contributed by atoms with E-state index in [2.05, 4.69) is 46.4 Å². The molecule has 0 saturated carbocycles. The van der Waals surface area contributed by atoms with Crippen LogP contribution in [0.2, 0.25) is 0 Å². The van der Waals surface area contributed by atoms with Gasteiger partial charge in [0.1, 0.15) is 5.69 Å². The summed E-state index contributed by atoms with van der Waals surface area (Å²) in [5.41, 5.74) is 1.06. The maximum absolute atomic E-state index is 12.0. The lowest BCUT2D eigenvalue weighted by Crippen LogP contribution is -2.13. The predicted octanol–water partition coefficient (Wildman–Crippen LogP) is 2.28. The van der Waals surface area contributed by atoms with Crippen LogP contribution in [0.15, 0.2) is 47.3 Å². The third kappa shape index (κ3) is 3.11. The predicted molar refractivity (Wildman–Crippen MR) is 79.5 cm³/mol. The maximum atomic E-state index is 12.0. The number of pyridine rings is 2. The van der Waals surface area contributed by atoms with E-state index in [-0.39, 0.29) is 11.9 Å². The number of hydrogen-bond acceptors (Lipinski definition) is 5. The van der Waals surface area contributed by atoms with Gasteiger partial charge < -0.3 is 0 Å². The van der Waals surface area contributed by atoms with Crippen molar-refractivity contribution in [1.29, 1.82) is 0 Å². The summed E-state index contributed by atoms with van der Waals surface area (Å²) in [4.78, 5) is 24.3. The molecule has 0 unspecified atom stereocenters. The van der Waals surface area contributed by atoms with Gasteiger partial charge in [-0.15, -0.1) is 5.10 Å². The summed E-state index contributed by atoms with van der Waals surface area (Å²) < 4.78 is 0.722. The lowest BCUT2D eigenvalue weighted by Gasteiger charge is -2.00. The average molecular weight is 345 g/mol. The van der Waals surface area contributed by atoms with Crippen molar-refractivity contribution in [3.8, 4) is 11.5 Å². The highest BCUT2D eigenvalue weighted by molar-refractivity contribution is 9.10. The van der Waals surface area contributed by atoms with E-state index in [1.165, 1.54) is 6.20 Å². The molecule has 0 aliphatic rings. The number of hydrogen-bond donors (Lipinski definition) is 2.